The average molecular weight is 358 g/mol. The van der Waals surface area contributed by atoms with E-state index in [1.807, 2.05) is 35.9 Å². The molecule has 0 saturated carbocycles. The molecule has 23 heavy (non-hydrogen) atoms. The third-order valence-electron chi connectivity index (χ3n) is 2.79. The summed E-state index contributed by atoms with van der Waals surface area (Å²) in [5, 5.41) is 14.5. The number of anilines is 1. The molecule has 1 aromatic heterocycles. The van der Waals surface area contributed by atoms with Crippen LogP contribution in [-0.4, -0.2) is 47.5 Å². The van der Waals surface area contributed by atoms with Crippen LogP contribution in [0.25, 0.3) is 0 Å². The van der Waals surface area contributed by atoms with Crippen LogP contribution in [0.1, 0.15) is 0 Å². The smallest absolute Gasteiger partial charge is 0.238 e. The van der Waals surface area contributed by atoms with E-state index < -0.39 is 0 Å². The molecule has 0 saturated heterocycles. The lowest BCUT2D eigenvalue weighted by molar-refractivity contribution is -0.115. The lowest BCUT2D eigenvalue weighted by atomic mass is 10.3. The highest BCUT2D eigenvalue weighted by Crippen LogP contribution is 2.26. The zero-order chi connectivity index (χ0) is 15.8. The molecular weight excluding hydrogens is 338 g/mol. The summed E-state index contributed by atoms with van der Waals surface area (Å²) < 4.78 is 6.75. The number of rotatable bonds is 8. The van der Waals surface area contributed by atoms with Gasteiger partial charge >= 0.3 is 0 Å². The van der Waals surface area contributed by atoms with Crippen molar-refractivity contribution in [3.63, 3.8) is 0 Å². The first-order chi connectivity index (χ1) is 10.7. The van der Waals surface area contributed by atoms with Gasteiger partial charge in [-0.2, -0.15) is 0 Å². The number of hydrogen-bond acceptors (Lipinski definition) is 6. The maximum Gasteiger partial charge on any atom is 0.238 e. The minimum absolute atomic E-state index is 0. The Hall–Kier alpha value is -1.61. The van der Waals surface area contributed by atoms with E-state index in [0.717, 1.165) is 15.7 Å². The van der Waals surface area contributed by atoms with Gasteiger partial charge < -0.3 is 19.9 Å². The molecule has 2 N–H and O–H groups in total. The predicted octanol–water partition coefficient (Wildman–Crippen LogP) is 1.56. The minimum atomic E-state index is -0.0789. The van der Waals surface area contributed by atoms with Crippen LogP contribution in [0.3, 0.4) is 0 Å². The van der Waals surface area contributed by atoms with Crippen molar-refractivity contribution in [1.82, 2.24) is 20.1 Å². The summed E-state index contributed by atoms with van der Waals surface area (Å²) in [4.78, 5) is 12.8. The number of halogens is 1. The number of carbonyl (C=O) groups is 1. The molecule has 1 amide bonds. The molecule has 0 fully saturated rings. The van der Waals surface area contributed by atoms with E-state index in [4.69, 9.17) is 4.74 Å². The molecule has 1 aromatic carbocycles. The Morgan fingerprint density at radius 1 is 1.35 bits per heavy atom. The Morgan fingerprint density at radius 2 is 2.09 bits per heavy atom. The van der Waals surface area contributed by atoms with Crippen LogP contribution in [-0.2, 0) is 16.6 Å². The molecular formula is C14H20ClN5O2S. The highest BCUT2D eigenvalue weighted by Gasteiger charge is 2.05. The summed E-state index contributed by atoms with van der Waals surface area (Å²) in [6.07, 6.45) is 1.66. The Morgan fingerprint density at radius 3 is 2.70 bits per heavy atom. The minimum Gasteiger partial charge on any atom is -0.383 e. The van der Waals surface area contributed by atoms with Crippen molar-refractivity contribution >= 4 is 35.8 Å². The second-order valence-corrected chi connectivity index (χ2v) is 5.61. The van der Waals surface area contributed by atoms with Gasteiger partial charge in [-0.25, -0.2) is 0 Å². The van der Waals surface area contributed by atoms with Crippen molar-refractivity contribution in [2.24, 2.45) is 7.05 Å². The van der Waals surface area contributed by atoms with Crippen LogP contribution in [0.15, 0.2) is 40.6 Å². The van der Waals surface area contributed by atoms with E-state index in [9.17, 15) is 4.79 Å². The van der Waals surface area contributed by atoms with Gasteiger partial charge in [0.25, 0.3) is 0 Å². The van der Waals surface area contributed by atoms with Crippen LogP contribution in [0.5, 0.6) is 0 Å². The zero-order valence-corrected chi connectivity index (χ0v) is 14.6. The van der Waals surface area contributed by atoms with Crippen molar-refractivity contribution in [2.45, 2.75) is 10.1 Å². The largest absolute Gasteiger partial charge is 0.383 e. The van der Waals surface area contributed by atoms with Crippen molar-refractivity contribution in [1.29, 1.82) is 0 Å². The standard InChI is InChI=1S/C14H19N5O2S.ClH/c1-19-10-16-18-14(19)22-12-5-3-11(4-6-12)17-13(20)9-15-7-8-21-2;/h3-6,10,15H,7-9H2,1-2H3,(H,17,20);1H. The summed E-state index contributed by atoms with van der Waals surface area (Å²) in [7, 11) is 3.52. The van der Waals surface area contributed by atoms with Gasteiger partial charge in [-0.1, -0.05) is 0 Å². The number of amides is 1. The van der Waals surface area contributed by atoms with E-state index in [-0.39, 0.29) is 24.9 Å². The van der Waals surface area contributed by atoms with Crippen LogP contribution < -0.4 is 10.6 Å². The molecule has 0 atom stereocenters. The van der Waals surface area contributed by atoms with Crippen LogP contribution in [0, 0.1) is 0 Å². The number of aryl methyl sites for hydroxylation is 1. The van der Waals surface area contributed by atoms with Crippen molar-refractivity contribution in [3.05, 3.63) is 30.6 Å². The van der Waals surface area contributed by atoms with Crippen molar-refractivity contribution in [2.75, 3.05) is 32.1 Å². The van der Waals surface area contributed by atoms with E-state index in [2.05, 4.69) is 20.8 Å². The van der Waals surface area contributed by atoms with Crippen LogP contribution in [0.4, 0.5) is 5.69 Å². The van der Waals surface area contributed by atoms with Crippen molar-refractivity contribution < 1.29 is 9.53 Å². The summed E-state index contributed by atoms with van der Waals surface area (Å²) in [5.41, 5.74) is 0.765. The fourth-order valence-corrected chi connectivity index (χ4v) is 2.42. The number of methoxy groups -OCH3 is 1. The number of aromatic nitrogens is 3. The molecule has 2 aromatic rings. The number of benzene rings is 1. The number of ether oxygens (including phenoxy) is 1. The molecule has 0 radical (unpaired) electrons. The molecule has 9 heteroatoms. The Bertz CT molecular complexity index is 605. The maximum atomic E-state index is 11.7. The molecule has 1 heterocycles. The summed E-state index contributed by atoms with van der Waals surface area (Å²) in [6.45, 7) is 1.50. The molecule has 126 valence electrons. The first kappa shape index (κ1) is 19.4. The van der Waals surface area contributed by atoms with Gasteiger partial charge in [-0.15, -0.1) is 22.6 Å². The van der Waals surface area contributed by atoms with E-state index >= 15 is 0 Å². The molecule has 2 rings (SSSR count). The predicted molar refractivity (Wildman–Crippen MR) is 92.2 cm³/mol. The average Bonchev–Trinajstić information content (AvgIpc) is 2.91. The second-order valence-electron chi connectivity index (χ2n) is 4.57. The Balaban J connectivity index is 0.00000264. The monoisotopic (exact) mass is 357 g/mol. The number of hydrogen-bond donors (Lipinski definition) is 2. The quantitative estimate of drug-likeness (QED) is 0.698. The maximum absolute atomic E-state index is 11.7. The first-order valence-electron chi connectivity index (χ1n) is 6.80. The van der Waals surface area contributed by atoms with Crippen LogP contribution in [0.2, 0.25) is 0 Å². The molecule has 0 unspecified atom stereocenters. The molecule has 0 aliphatic heterocycles. The molecule has 0 aliphatic carbocycles. The molecule has 7 nitrogen and oxygen atoms in total. The number of carbonyl (C=O) groups excluding carboxylic acids is 1. The zero-order valence-electron chi connectivity index (χ0n) is 13.0. The van der Waals surface area contributed by atoms with Gasteiger partial charge in [0.1, 0.15) is 6.33 Å². The lowest BCUT2D eigenvalue weighted by Crippen LogP contribution is -2.30. The van der Waals surface area contributed by atoms with Gasteiger partial charge in [-0.05, 0) is 36.0 Å². The Kier molecular flexibility index (Phi) is 8.64. The van der Waals surface area contributed by atoms with Gasteiger partial charge in [0.15, 0.2) is 5.16 Å². The van der Waals surface area contributed by atoms with E-state index in [1.54, 1.807) is 13.4 Å². The Labute approximate surface area is 145 Å². The molecule has 0 bridgehead atoms. The normalized spacial score (nSPS) is 10.2. The van der Waals surface area contributed by atoms with Gasteiger partial charge in [0.2, 0.25) is 5.91 Å². The fraction of sp³-hybridized carbons (Fsp3) is 0.357. The summed E-state index contributed by atoms with van der Waals surface area (Å²) >= 11 is 1.52. The summed E-state index contributed by atoms with van der Waals surface area (Å²) in [6, 6.07) is 7.61. The topological polar surface area (TPSA) is 81.1 Å². The second kappa shape index (κ2) is 10.2. The first-order valence-corrected chi connectivity index (χ1v) is 7.62. The van der Waals surface area contributed by atoms with Crippen molar-refractivity contribution in [3.8, 4) is 0 Å². The third kappa shape index (κ3) is 6.57. The van der Waals surface area contributed by atoms with Gasteiger partial charge in [0, 0.05) is 31.3 Å². The fourth-order valence-electron chi connectivity index (χ4n) is 1.66. The third-order valence-corrected chi connectivity index (χ3v) is 3.85. The van der Waals surface area contributed by atoms with E-state index in [1.165, 1.54) is 11.8 Å². The van der Waals surface area contributed by atoms with Crippen LogP contribution >= 0.6 is 24.2 Å². The molecule has 0 spiro atoms. The number of nitrogens with zero attached hydrogens (tertiary/aromatic N) is 3. The lowest BCUT2D eigenvalue weighted by Gasteiger charge is -2.07. The molecule has 0 aliphatic rings. The van der Waals surface area contributed by atoms with E-state index in [0.29, 0.717) is 13.2 Å². The SMILES string of the molecule is COCCNCC(=O)Nc1ccc(Sc2nncn2C)cc1.Cl. The number of nitrogens with one attached hydrogen (secondary N) is 2. The van der Waals surface area contributed by atoms with Gasteiger partial charge in [0.05, 0.1) is 13.2 Å². The van der Waals surface area contributed by atoms with Gasteiger partial charge in [-0.3, -0.25) is 4.79 Å². The highest BCUT2D eigenvalue weighted by molar-refractivity contribution is 7.99. The summed E-state index contributed by atoms with van der Waals surface area (Å²) in [5.74, 6) is -0.0789. The highest BCUT2D eigenvalue weighted by atomic mass is 35.5.